The van der Waals surface area contributed by atoms with Crippen molar-refractivity contribution in [2.75, 3.05) is 0 Å². The van der Waals surface area contributed by atoms with Crippen LogP contribution in [0.5, 0.6) is 0 Å². The van der Waals surface area contributed by atoms with E-state index in [0.29, 0.717) is 16.3 Å². The van der Waals surface area contributed by atoms with Gasteiger partial charge in [0.25, 0.3) is 5.91 Å². The van der Waals surface area contributed by atoms with Crippen LogP contribution in [0.3, 0.4) is 0 Å². The number of thiocarbonyl (C=S) groups is 1. The maximum Gasteiger partial charge on any atom is 0.261 e. The third-order valence-electron chi connectivity index (χ3n) is 5.11. The summed E-state index contributed by atoms with van der Waals surface area (Å²) in [4.78, 5) is 20.2. The number of nitrogens with zero attached hydrogens (tertiary/aromatic N) is 2. The molecule has 26 heavy (non-hydrogen) atoms. The summed E-state index contributed by atoms with van der Waals surface area (Å²) < 4.78 is 13.6. The molecule has 3 nitrogen and oxygen atoms in total. The van der Waals surface area contributed by atoms with Crippen molar-refractivity contribution >= 4 is 28.8 Å². The van der Waals surface area contributed by atoms with Crippen LogP contribution in [-0.4, -0.2) is 27.2 Å². The summed E-state index contributed by atoms with van der Waals surface area (Å²) in [7, 11) is 0. The van der Waals surface area contributed by atoms with Gasteiger partial charge in [0.2, 0.25) is 0 Å². The molecular weight excluding hydrogens is 347 g/mol. The van der Waals surface area contributed by atoms with Crippen molar-refractivity contribution in [2.24, 2.45) is 4.99 Å². The molecular formula is C21H19FN2OS. The molecule has 0 bridgehead atoms. The number of benzene rings is 2. The van der Waals surface area contributed by atoms with Gasteiger partial charge < -0.3 is 0 Å². The van der Waals surface area contributed by atoms with E-state index in [2.05, 4.69) is 0 Å². The lowest BCUT2D eigenvalue weighted by atomic mass is 10.1. The van der Waals surface area contributed by atoms with Crippen LogP contribution in [0.2, 0.25) is 0 Å². The second-order valence-corrected chi connectivity index (χ2v) is 7.36. The highest BCUT2D eigenvalue weighted by Crippen LogP contribution is 2.42. The van der Waals surface area contributed by atoms with E-state index in [-0.39, 0.29) is 5.91 Å². The summed E-state index contributed by atoms with van der Waals surface area (Å²) >= 11 is 5.69. The van der Waals surface area contributed by atoms with Crippen molar-refractivity contribution in [3.05, 3.63) is 71.0 Å². The van der Waals surface area contributed by atoms with Crippen LogP contribution in [0.25, 0.3) is 0 Å². The summed E-state index contributed by atoms with van der Waals surface area (Å²) in [6.07, 6.45) is 3.56. The van der Waals surface area contributed by atoms with Gasteiger partial charge in [-0.2, -0.15) is 0 Å². The van der Waals surface area contributed by atoms with Crippen LogP contribution in [0.15, 0.2) is 53.5 Å². The van der Waals surface area contributed by atoms with E-state index in [9.17, 15) is 9.18 Å². The van der Waals surface area contributed by atoms with Crippen LogP contribution < -0.4 is 0 Å². The summed E-state index contributed by atoms with van der Waals surface area (Å²) in [6.45, 7) is 2.02. The molecule has 2 aromatic carbocycles. The zero-order valence-electron chi connectivity index (χ0n) is 14.5. The second kappa shape index (κ2) is 6.40. The fourth-order valence-corrected chi connectivity index (χ4v) is 4.31. The van der Waals surface area contributed by atoms with Gasteiger partial charge in [-0.1, -0.05) is 42.0 Å². The quantitative estimate of drug-likeness (QED) is 0.723. The highest BCUT2D eigenvalue weighted by molar-refractivity contribution is 7.82. The first-order valence-electron chi connectivity index (χ1n) is 8.82. The predicted molar refractivity (Wildman–Crippen MR) is 104 cm³/mol. The standard InChI is InChI=1S/C21H19FN2OS/c1-14-6-4-7-15(12-14)18-20(26)24(21(23-18)10-2-3-11-21)19(25)16-8-5-9-17(22)13-16/h4-9,12-13H,2-3,10-11H2,1H3. The average Bonchev–Trinajstić information content (AvgIpc) is 3.20. The van der Waals surface area contributed by atoms with E-state index in [1.807, 2.05) is 31.2 Å². The van der Waals surface area contributed by atoms with Crippen LogP contribution in [0.4, 0.5) is 4.39 Å². The van der Waals surface area contributed by atoms with Crippen LogP contribution in [-0.2, 0) is 0 Å². The third kappa shape index (κ3) is 2.76. The Balaban J connectivity index is 1.78. The second-order valence-electron chi connectivity index (χ2n) is 6.98. The zero-order valence-corrected chi connectivity index (χ0v) is 15.4. The minimum Gasteiger partial charge on any atom is -0.271 e. The molecule has 0 saturated heterocycles. The molecule has 1 fully saturated rings. The number of aliphatic imine (C=N–C) groups is 1. The smallest absolute Gasteiger partial charge is 0.261 e. The predicted octanol–water partition coefficient (Wildman–Crippen LogP) is 4.68. The van der Waals surface area contributed by atoms with Crippen molar-refractivity contribution in [3.63, 3.8) is 0 Å². The Bertz CT molecular complexity index is 931. The Morgan fingerprint density at radius 1 is 1.15 bits per heavy atom. The highest BCUT2D eigenvalue weighted by atomic mass is 32.1. The minimum atomic E-state index is -0.625. The van der Waals surface area contributed by atoms with Gasteiger partial charge in [-0.25, -0.2) is 4.39 Å². The molecule has 0 atom stereocenters. The summed E-state index contributed by atoms with van der Waals surface area (Å²) in [6, 6.07) is 13.8. The largest absolute Gasteiger partial charge is 0.271 e. The monoisotopic (exact) mass is 366 g/mol. The number of halogens is 1. The zero-order chi connectivity index (χ0) is 18.3. The lowest BCUT2D eigenvalue weighted by molar-refractivity contribution is 0.0724. The number of hydrogen-bond donors (Lipinski definition) is 0. The van der Waals surface area contributed by atoms with Crippen LogP contribution in [0, 0.1) is 12.7 Å². The molecule has 1 aliphatic carbocycles. The molecule has 1 spiro atoms. The first-order chi connectivity index (χ1) is 12.5. The van der Waals surface area contributed by atoms with Gasteiger partial charge in [-0.05, 0) is 56.9 Å². The lowest BCUT2D eigenvalue weighted by Gasteiger charge is -2.32. The molecule has 1 amide bonds. The molecule has 1 aliphatic heterocycles. The van der Waals surface area contributed by atoms with Crippen molar-refractivity contribution in [1.82, 2.24) is 4.90 Å². The van der Waals surface area contributed by atoms with Crippen LogP contribution in [0.1, 0.15) is 47.2 Å². The Morgan fingerprint density at radius 2 is 1.88 bits per heavy atom. The van der Waals surface area contributed by atoms with E-state index < -0.39 is 11.5 Å². The third-order valence-corrected chi connectivity index (χ3v) is 5.49. The normalized spacial score (nSPS) is 18.5. The number of aryl methyl sites for hydroxylation is 1. The topological polar surface area (TPSA) is 32.7 Å². The first kappa shape index (κ1) is 17.0. The van der Waals surface area contributed by atoms with Gasteiger partial charge in [-0.3, -0.25) is 14.7 Å². The Kier molecular flexibility index (Phi) is 4.19. The SMILES string of the molecule is Cc1cccc(C2=NC3(CCCC3)N(C(=O)c3cccc(F)c3)C2=S)c1. The Labute approximate surface area is 157 Å². The number of rotatable bonds is 2. The number of carbonyl (C=O) groups is 1. The maximum atomic E-state index is 13.6. The van der Waals surface area contributed by atoms with Crippen molar-refractivity contribution < 1.29 is 9.18 Å². The number of hydrogen-bond acceptors (Lipinski definition) is 3. The minimum absolute atomic E-state index is 0.275. The van der Waals surface area contributed by atoms with Crippen molar-refractivity contribution in [3.8, 4) is 0 Å². The van der Waals surface area contributed by atoms with E-state index in [1.165, 1.54) is 12.1 Å². The maximum absolute atomic E-state index is 13.6. The molecule has 0 unspecified atom stereocenters. The molecule has 4 rings (SSSR count). The van der Waals surface area contributed by atoms with Crippen molar-refractivity contribution in [1.29, 1.82) is 0 Å². The average molecular weight is 366 g/mol. The Morgan fingerprint density at radius 3 is 2.58 bits per heavy atom. The van der Waals surface area contributed by atoms with Gasteiger partial charge in [0.05, 0.1) is 0 Å². The molecule has 2 aromatic rings. The van der Waals surface area contributed by atoms with E-state index in [1.54, 1.807) is 17.0 Å². The molecule has 2 aliphatic rings. The fraction of sp³-hybridized carbons (Fsp3) is 0.286. The van der Waals surface area contributed by atoms with E-state index in [4.69, 9.17) is 17.2 Å². The van der Waals surface area contributed by atoms with Gasteiger partial charge in [0.1, 0.15) is 22.2 Å². The molecule has 132 valence electrons. The van der Waals surface area contributed by atoms with E-state index in [0.717, 1.165) is 36.8 Å². The summed E-state index contributed by atoms with van der Waals surface area (Å²) in [5.41, 5.74) is 2.41. The first-order valence-corrected chi connectivity index (χ1v) is 9.22. The highest BCUT2D eigenvalue weighted by Gasteiger charge is 2.50. The number of amides is 1. The van der Waals surface area contributed by atoms with Gasteiger partial charge in [-0.15, -0.1) is 0 Å². The molecule has 5 heteroatoms. The molecule has 0 aromatic heterocycles. The number of carbonyl (C=O) groups excluding carboxylic acids is 1. The molecule has 1 saturated carbocycles. The summed E-state index contributed by atoms with van der Waals surface area (Å²) in [5.74, 6) is -0.705. The Hall–Kier alpha value is -2.40. The van der Waals surface area contributed by atoms with Gasteiger partial charge in [0.15, 0.2) is 0 Å². The summed E-state index contributed by atoms with van der Waals surface area (Å²) in [5, 5.41) is 0. The van der Waals surface area contributed by atoms with E-state index >= 15 is 0 Å². The molecule has 0 radical (unpaired) electrons. The van der Waals surface area contributed by atoms with Crippen molar-refractivity contribution in [2.45, 2.75) is 38.3 Å². The molecule has 1 heterocycles. The molecule has 0 N–H and O–H groups in total. The van der Waals surface area contributed by atoms with Gasteiger partial charge in [0, 0.05) is 11.1 Å². The lowest BCUT2D eigenvalue weighted by Crippen LogP contribution is -2.48. The fourth-order valence-electron chi connectivity index (χ4n) is 3.89. The van der Waals surface area contributed by atoms with Crippen LogP contribution >= 0.6 is 12.2 Å². The van der Waals surface area contributed by atoms with Gasteiger partial charge >= 0.3 is 0 Å².